The molecule has 5 rings (SSSR count). The Hall–Kier alpha value is -3.43. The van der Waals surface area contributed by atoms with Crippen LogP contribution in [0.3, 0.4) is 0 Å². The number of thiophene rings is 1. The van der Waals surface area contributed by atoms with Crippen LogP contribution in [0.5, 0.6) is 0 Å². The van der Waals surface area contributed by atoms with Gasteiger partial charge < -0.3 is 0 Å². The highest BCUT2D eigenvalue weighted by atomic mass is 32.2. The predicted octanol–water partition coefficient (Wildman–Crippen LogP) is 5.74. The summed E-state index contributed by atoms with van der Waals surface area (Å²) in [5, 5.41) is 0.350. The second kappa shape index (κ2) is 10.8. The van der Waals surface area contributed by atoms with Gasteiger partial charge in [-0.05, 0) is 54.6 Å². The van der Waals surface area contributed by atoms with Crippen LogP contribution in [0.2, 0.25) is 0 Å². The number of ketones is 1. The third-order valence-corrected chi connectivity index (χ3v) is 10.4. The number of aromatic nitrogens is 3. The van der Waals surface area contributed by atoms with E-state index >= 15 is 0 Å². The first-order valence-electron chi connectivity index (χ1n) is 12.2. The standard InChI is InChI=1S/C26H20F6N4O3S2/c1-13-18(28)9-21(36(13)41(38,39)24-8-15-6-17(27)3-5-23(15)40-24)22(37)4-2-14-7-20(33-12-19(14)29)16-10-34-25(35-11-16)26(30,31)32/h3,5-8,10-13,18,21H,2,4,9H2,1H3/t13-,18+,21-/m0/s1. The zero-order valence-corrected chi connectivity index (χ0v) is 22.7. The fraction of sp³-hybridized carbons (Fsp3) is 0.308. The number of benzene rings is 1. The summed E-state index contributed by atoms with van der Waals surface area (Å²) < 4.78 is 109. The molecule has 0 spiro atoms. The van der Waals surface area contributed by atoms with Crippen LogP contribution in [0.4, 0.5) is 26.3 Å². The van der Waals surface area contributed by atoms with Crippen molar-refractivity contribution < 1.29 is 39.6 Å². The van der Waals surface area contributed by atoms with Crippen molar-refractivity contribution in [1.82, 2.24) is 19.3 Å². The molecule has 1 aliphatic heterocycles. The SMILES string of the molecule is C[C@H]1[C@H](F)C[C@@H](C(=O)CCc2cc(-c3cnc(C(F)(F)F)nc3)ncc2F)N1S(=O)(=O)c1cc2cc(F)ccc2s1. The number of hydrogen-bond acceptors (Lipinski definition) is 7. The highest BCUT2D eigenvalue weighted by molar-refractivity contribution is 7.91. The Bertz CT molecular complexity index is 1730. The number of nitrogens with zero attached hydrogens (tertiary/aromatic N) is 4. The molecule has 3 aromatic heterocycles. The second-order valence-electron chi connectivity index (χ2n) is 9.51. The molecule has 0 saturated carbocycles. The Balaban J connectivity index is 1.36. The molecule has 15 heteroatoms. The maximum atomic E-state index is 14.8. The molecule has 0 amide bonds. The number of fused-ring (bicyclic) bond motifs is 1. The van der Waals surface area contributed by atoms with E-state index in [1.807, 2.05) is 0 Å². The number of halogens is 6. The smallest absolute Gasteiger partial charge is 0.298 e. The van der Waals surface area contributed by atoms with Gasteiger partial charge in [0, 0.05) is 35.5 Å². The summed E-state index contributed by atoms with van der Waals surface area (Å²) in [6.45, 7) is 1.35. The lowest BCUT2D eigenvalue weighted by atomic mass is 10.0. The molecule has 4 heterocycles. The van der Waals surface area contributed by atoms with Gasteiger partial charge in [-0.2, -0.15) is 17.5 Å². The summed E-state index contributed by atoms with van der Waals surface area (Å²) in [7, 11) is -4.35. The predicted molar refractivity (Wildman–Crippen MR) is 137 cm³/mol. The lowest BCUT2D eigenvalue weighted by molar-refractivity contribution is -0.145. The molecule has 216 valence electrons. The molecule has 0 bridgehead atoms. The van der Waals surface area contributed by atoms with Gasteiger partial charge in [-0.15, -0.1) is 11.3 Å². The van der Waals surface area contributed by atoms with Gasteiger partial charge in [0.2, 0.25) is 5.82 Å². The van der Waals surface area contributed by atoms with Gasteiger partial charge in [0.05, 0.1) is 24.0 Å². The molecular weight excluding hydrogens is 594 g/mol. The van der Waals surface area contributed by atoms with E-state index in [1.165, 1.54) is 37.3 Å². The van der Waals surface area contributed by atoms with Gasteiger partial charge in [0.25, 0.3) is 10.0 Å². The van der Waals surface area contributed by atoms with Gasteiger partial charge in [0.15, 0.2) is 5.78 Å². The lowest BCUT2D eigenvalue weighted by Gasteiger charge is -2.26. The molecule has 3 atom stereocenters. The minimum absolute atomic E-state index is 0.00738. The highest BCUT2D eigenvalue weighted by Gasteiger charge is 2.49. The molecular formula is C26H20F6N4O3S2. The maximum Gasteiger partial charge on any atom is 0.451 e. The van der Waals surface area contributed by atoms with Gasteiger partial charge >= 0.3 is 6.18 Å². The van der Waals surface area contributed by atoms with Crippen LogP contribution in [0.25, 0.3) is 21.3 Å². The van der Waals surface area contributed by atoms with Crippen molar-refractivity contribution in [2.45, 2.75) is 54.8 Å². The van der Waals surface area contributed by atoms with Gasteiger partial charge in [-0.1, -0.05) is 0 Å². The molecule has 0 radical (unpaired) electrons. The fourth-order valence-corrected chi connectivity index (χ4v) is 8.01. The molecule has 1 aromatic carbocycles. The summed E-state index contributed by atoms with van der Waals surface area (Å²) >= 11 is 0.871. The summed E-state index contributed by atoms with van der Waals surface area (Å²) in [6.07, 6.45) is -4.71. The van der Waals surface area contributed by atoms with Crippen LogP contribution in [0.1, 0.15) is 31.2 Å². The van der Waals surface area contributed by atoms with Crippen molar-refractivity contribution in [2.75, 3.05) is 0 Å². The van der Waals surface area contributed by atoms with Crippen molar-refractivity contribution >= 4 is 37.2 Å². The van der Waals surface area contributed by atoms with Crippen molar-refractivity contribution in [1.29, 1.82) is 0 Å². The maximum absolute atomic E-state index is 14.8. The molecule has 0 unspecified atom stereocenters. The van der Waals surface area contributed by atoms with Gasteiger partial charge in [-0.25, -0.2) is 31.6 Å². The van der Waals surface area contributed by atoms with E-state index in [-0.39, 0.29) is 40.3 Å². The topological polar surface area (TPSA) is 93.1 Å². The van der Waals surface area contributed by atoms with Crippen LogP contribution >= 0.6 is 11.3 Å². The Morgan fingerprint density at radius 2 is 1.78 bits per heavy atom. The van der Waals surface area contributed by atoms with Crippen LogP contribution in [0, 0.1) is 11.6 Å². The first-order valence-corrected chi connectivity index (χ1v) is 14.4. The molecule has 4 aromatic rings. The quantitative estimate of drug-likeness (QED) is 0.247. The van der Waals surface area contributed by atoms with E-state index in [1.54, 1.807) is 0 Å². The van der Waals surface area contributed by atoms with Gasteiger partial charge in [-0.3, -0.25) is 9.78 Å². The Kier molecular flexibility index (Phi) is 7.63. The summed E-state index contributed by atoms with van der Waals surface area (Å²) in [5.41, 5.74) is 0.134. The molecule has 1 saturated heterocycles. The average molecular weight is 615 g/mol. The van der Waals surface area contributed by atoms with E-state index in [0.717, 1.165) is 34.2 Å². The third kappa shape index (κ3) is 5.70. The summed E-state index contributed by atoms with van der Waals surface area (Å²) in [4.78, 5) is 23.6. The molecule has 0 N–H and O–H groups in total. The third-order valence-electron chi connectivity index (χ3n) is 6.82. The number of aryl methyl sites for hydroxylation is 1. The summed E-state index contributed by atoms with van der Waals surface area (Å²) in [5.74, 6) is -3.33. The Labute approximate surface area is 233 Å². The number of pyridine rings is 1. The normalized spacial score (nSPS) is 20.1. The number of hydrogen-bond donors (Lipinski definition) is 0. The minimum atomic E-state index is -4.74. The molecule has 7 nitrogen and oxygen atoms in total. The summed E-state index contributed by atoms with van der Waals surface area (Å²) in [6, 6.07) is 3.79. The minimum Gasteiger partial charge on any atom is -0.298 e. The number of carbonyl (C=O) groups excluding carboxylic acids is 1. The lowest BCUT2D eigenvalue weighted by Crippen LogP contribution is -2.44. The number of carbonyl (C=O) groups is 1. The molecule has 1 aliphatic rings. The van der Waals surface area contributed by atoms with E-state index in [0.29, 0.717) is 10.1 Å². The first-order chi connectivity index (χ1) is 19.3. The van der Waals surface area contributed by atoms with Crippen LogP contribution < -0.4 is 0 Å². The van der Waals surface area contributed by atoms with E-state index < -0.39 is 57.7 Å². The van der Waals surface area contributed by atoms with Crippen LogP contribution in [-0.2, 0) is 27.4 Å². The van der Waals surface area contributed by atoms with E-state index in [2.05, 4.69) is 15.0 Å². The molecule has 41 heavy (non-hydrogen) atoms. The van der Waals surface area contributed by atoms with E-state index in [9.17, 15) is 39.6 Å². The van der Waals surface area contributed by atoms with Crippen LogP contribution in [-0.4, -0.2) is 51.7 Å². The first kappa shape index (κ1) is 29.1. The number of Topliss-reactive ketones (excluding diaryl/α,β-unsaturated/α-hetero) is 1. The van der Waals surface area contributed by atoms with Crippen LogP contribution in [0.15, 0.2) is 53.1 Å². The zero-order valence-electron chi connectivity index (χ0n) is 21.1. The highest BCUT2D eigenvalue weighted by Crippen LogP contribution is 2.38. The number of sulfonamides is 1. The largest absolute Gasteiger partial charge is 0.451 e. The molecule has 1 fully saturated rings. The van der Waals surface area contributed by atoms with Crippen molar-refractivity contribution in [3.63, 3.8) is 0 Å². The monoisotopic (exact) mass is 614 g/mol. The second-order valence-corrected chi connectivity index (χ2v) is 12.7. The Morgan fingerprint density at radius 3 is 2.46 bits per heavy atom. The van der Waals surface area contributed by atoms with Crippen molar-refractivity contribution in [2.24, 2.45) is 0 Å². The van der Waals surface area contributed by atoms with E-state index in [4.69, 9.17) is 0 Å². The number of rotatable bonds is 7. The van der Waals surface area contributed by atoms with Crippen molar-refractivity contribution in [3.8, 4) is 11.3 Å². The average Bonchev–Trinajstić information content (AvgIpc) is 3.48. The zero-order chi connectivity index (χ0) is 29.7. The Morgan fingerprint density at radius 1 is 1.07 bits per heavy atom. The fourth-order valence-electron chi connectivity index (χ4n) is 4.70. The van der Waals surface area contributed by atoms with Gasteiger partial charge in [0.1, 0.15) is 22.0 Å². The number of alkyl halides is 4. The molecule has 0 aliphatic carbocycles. The van der Waals surface area contributed by atoms with Crippen molar-refractivity contribution in [3.05, 3.63) is 71.9 Å².